The van der Waals surface area contributed by atoms with Gasteiger partial charge >= 0.3 is 0 Å². The number of fused-ring (bicyclic) bond motifs is 1. The van der Waals surface area contributed by atoms with Crippen LogP contribution in [0.25, 0.3) is 11.0 Å². The highest BCUT2D eigenvalue weighted by Gasteiger charge is 2.38. The van der Waals surface area contributed by atoms with Crippen LogP contribution in [0.5, 0.6) is 0 Å². The van der Waals surface area contributed by atoms with Crippen LogP contribution in [0.2, 0.25) is 0 Å². The van der Waals surface area contributed by atoms with Gasteiger partial charge in [0.15, 0.2) is 11.4 Å². The Labute approximate surface area is 204 Å². The van der Waals surface area contributed by atoms with E-state index in [0.717, 1.165) is 12.8 Å². The minimum Gasteiger partial charge on any atom is -0.382 e. The summed E-state index contributed by atoms with van der Waals surface area (Å²) >= 11 is 0. The van der Waals surface area contributed by atoms with Crippen molar-refractivity contribution >= 4 is 29.0 Å². The van der Waals surface area contributed by atoms with Crippen LogP contribution in [-0.2, 0) is 12.1 Å². The molecule has 0 saturated heterocycles. The number of rotatable bonds is 6. The molecule has 8 nitrogen and oxygen atoms in total. The van der Waals surface area contributed by atoms with Gasteiger partial charge < -0.3 is 26.6 Å². The van der Waals surface area contributed by atoms with Gasteiger partial charge in [-0.2, -0.15) is 4.99 Å². The number of hydrogen-bond acceptors (Lipinski definition) is 5. The largest absolute Gasteiger partial charge is 0.382 e. The van der Waals surface area contributed by atoms with Crippen LogP contribution in [0.3, 0.4) is 0 Å². The predicted octanol–water partition coefficient (Wildman–Crippen LogP) is 3.45. The van der Waals surface area contributed by atoms with E-state index in [4.69, 9.17) is 21.9 Å². The summed E-state index contributed by atoms with van der Waals surface area (Å²) in [6, 6.07) is 23.8. The summed E-state index contributed by atoms with van der Waals surface area (Å²) in [5.74, 6) is -0.249. The van der Waals surface area contributed by atoms with E-state index in [0.29, 0.717) is 40.1 Å². The highest BCUT2D eigenvalue weighted by Crippen LogP contribution is 2.37. The molecule has 0 bridgehead atoms. The van der Waals surface area contributed by atoms with E-state index in [1.807, 2.05) is 79.1 Å². The molecule has 0 aliphatic carbocycles. The molecule has 0 aliphatic rings. The Morgan fingerprint density at radius 3 is 2.09 bits per heavy atom. The molecule has 1 aromatic heterocycles. The van der Waals surface area contributed by atoms with E-state index < -0.39 is 11.5 Å². The zero-order chi connectivity index (χ0) is 25.4. The van der Waals surface area contributed by atoms with Crippen molar-refractivity contribution in [3.05, 3.63) is 101 Å². The molecule has 0 aliphatic heterocycles. The van der Waals surface area contributed by atoms with Crippen molar-refractivity contribution in [1.82, 2.24) is 9.55 Å². The van der Waals surface area contributed by atoms with Crippen molar-refractivity contribution in [2.75, 3.05) is 6.54 Å². The van der Waals surface area contributed by atoms with Crippen molar-refractivity contribution in [2.45, 2.75) is 26.0 Å². The summed E-state index contributed by atoms with van der Waals surface area (Å²) in [4.78, 5) is 21.0. The molecule has 1 amide bonds. The number of hydrogen-bond donors (Lipinski definition) is 4. The zero-order valence-electron chi connectivity index (χ0n) is 19.8. The lowest BCUT2D eigenvalue weighted by atomic mass is 9.85. The Hall–Kier alpha value is -4.14. The van der Waals surface area contributed by atoms with E-state index in [2.05, 4.69) is 4.99 Å². The number of amides is 1. The number of nitrogens with two attached hydrogens (primary N) is 2. The van der Waals surface area contributed by atoms with Crippen molar-refractivity contribution in [2.24, 2.45) is 16.5 Å². The normalized spacial score (nSPS) is 11.6. The minimum atomic E-state index is -1.50. The number of carbonyl (C=O) groups excluding carboxylic acids is 1. The van der Waals surface area contributed by atoms with E-state index in [9.17, 15) is 9.90 Å². The van der Waals surface area contributed by atoms with Gasteiger partial charge in [-0.05, 0) is 42.8 Å². The van der Waals surface area contributed by atoms with Crippen molar-refractivity contribution in [3.63, 3.8) is 0 Å². The summed E-state index contributed by atoms with van der Waals surface area (Å²) in [6.07, 6.45) is 0.824. The fraction of sp³-hybridized carbons (Fsp3) is 0.185. The van der Waals surface area contributed by atoms with Gasteiger partial charge in [-0.1, -0.05) is 67.6 Å². The van der Waals surface area contributed by atoms with Gasteiger partial charge in [0.1, 0.15) is 5.84 Å². The van der Waals surface area contributed by atoms with Gasteiger partial charge in [0.05, 0.1) is 17.2 Å². The summed E-state index contributed by atoms with van der Waals surface area (Å²) < 4.78 is 1.90. The van der Waals surface area contributed by atoms with Crippen LogP contribution >= 0.6 is 0 Å². The lowest BCUT2D eigenvalue weighted by Crippen LogP contribution is -2.32. The first kappa shape index (κ1) is 25.5. The number of aromatic nitrogens is 2. The molecule has 0 atom stereocenters. The molecule has 3 aromatic carbocycles. The standard InChI is InChI=1S/C25H23N5O2.C2H7N/c1-2-30-21-15-17(23(31)29-22(27)16-26)13-14-20(21)28-24(30)25(32,18-9-5-3-6-10-18)19-11-7-4-8-12-19;1-2-3/h3-16,26,32H,2H2,1H3,(H2,27,29,31);2-3H2,1H3. The first-order chi connectivity index (χ1) is 16.9. The van der Waals surface area contributed by atoms with Crippen LogP contribution in [0.1, 0.15) is 41.2 Å². The van der Waals surface area contributed by atoms with Crippen LogP contribution in [0, 0.1) is 5.41 Å². The Morgan fingerprint density at radius 2 is 1.60 bits per heavy atom. The SMILES string of the molecule is CCN.CCn1c(C(O)(c2ccccc2)c2ccccc2)nc2ccc(C(=O)N=C(N)C=N)cc21. The average Bonchev–Trinajstić information content (AvgIpc) is 3.28. The second-order valence-electron chi connectivity index (χ2n) is 7.72. The third-order valence-electron chi connectivity index (χ3n) is 5.40. The molecular weight excluding hydrogens is 440 g/mol. The monoisotopic (exact) mass is 470 g/mol. The number of aliphatic hydroxyl groups is 1. The number of aliphatic imine (C=N–C) groups is 1. The molecular formula is C27H30N6O2. The molecule has 6 N–H and O–H groups in total. The fourth-order valence-corrected chi connectivity index (χ4v) is 3.85. The fourth-order valence-electron chi connectivity index (χ4n) is 3.85. The van der Waals surface area contributed by atoms with Gasteiger partial charge in [0.25, 0.3) is 5.91 Å². The predicted molar refractivity (Wildman–Crippen MR) is 140 cm³/mol. The average molecular weight is 471 g/mol. The van der Waals surface area contributed by atoms with Crippen molar-refractivity contribution < 1.29 is 9.90 Å². The highest BCUT2D eigenvalue weighted by molar-refractivity contribution is 6.30. The second kappa shape index (κ2) is 11.3. The molecule has 180 valence electrons. The molecule has 0 fully saturated rings. The molecule has 0 saturated carbocycles. The Balaban J connectivity index is 0.00000108. The van der Waals surface area contributed by atoms with Gasteiger partial charge in [-0.3, -0.25) is 4.79 Å². The van der Waals surface area contributed by atoms with E-state index >= 15 is 0 Å². The van der Waals surface area contributed by atoms with Crippen LogP contribution in [0.15, 0.2) is 83.9 Å². The summed E-state index contributed by atoms with van der Waals surface area (Å²) in [6.45, 7) is 5.14. The number of amidine groups is 1. The smallest absolute Gasteiger partial charge is 0.279 e. The Bertz CT molecular complexity index is 1290. The Morgan fingerprint density at radius 1 is 1.06 bits per heavy atom. The van der Waals surface area contributed by atoms with E-state index in [1.165, 1.54) is 0 Å². The van der Waals surface area contributed by atoms with Crippen LogP contribution in [-0.4, -0.2) is 39.2 Å². The molecule has 1 heterocycles. The molecule has 0 spiro atoms. The van der Waals surface area contributed by atoms with Gasteiger partial charge in [-0.25, -0.2) is 4.98 Å². The summed E-state index contributed by atoms with van der Waals surface area (Å²) in [5.41, 5.74) is 11.9. The third kappa shape index (κ3) is 5.18. The van der Waals surface area contributed by atoms with Crippen LogP contribution < -0.4 is 11.5 Å². The lowest BCUT2D eigenvalue weighted by molar-refractivity contribution is 0.100. The van der Waals surface area contributed by atoms with E-state index in [-0.39, 0.29) is 5.84 Å². The highest BCUT2D eigenvalue weighted by atomic mass is 16.3. The lowest BCUT2D eigenvalue weighted by Gasteiger charge is -2.29. The summed E-state index contributed by atoms with van der Waals surface area (Å²) in [5, 5.41) is 19.3. The maximum Gasteiger partial charge on any atom is 0.279 e. The third-order valence-corrected chi connectivity index (χ3v) is 5.40. The second-order valence-corrected chi connectivity index (χ2v) is 7.72. The van der Waals surface area contributed by atoms with Gasteiger partial charge in [0.2, 0.25) is 0 Å². The number of benzene rings is 3. The number of nitrogens with one attached hydrogen (secondary N) is 1. The van der Waals surface area contributed by atoms with E-state index in [1.54, 1.807) is 18.2 Å². The molecule has 0 radical (unpaired) electrons. The maximum absolute atomic E-state index is 12.5. The van der Waals surface area contributed by atoms with Gasteiger partial charge in [-0.15, -0.1) is 0 Å². The minimum absolute atomic E-state index is 0.165. The molecule has 35 heavy (non-hydrogen) atoms. The summed E-state index contributed by atoms with van der Waals surface area (Å²) in [7, 11) is 0. The quantitative estimate of drug-likeness (QED) is 0.252. The number of carbonyl (C=O) groups is 1. The topological polar surface area (TPSA) is 143 Å². The maximum atomic E-state index is 12.5. The van der Waals surface area contributed by atoms with Crippen molar-refractivity contribution in [1.29, 1.82) is 5.41 Å². The number of imidazole rings is 1. The molecule has 0 unspecified atom stereocenters. The molecule has 4 rings (SSSR count). The first-order valence-corrected chi connectivity index (χ1v) is 11.3. The number of nitrogens with zero attached hydrogens (tertiary/aromatic N) is 3. The first-order valence-electron chi connectivity index (χ1n) is 11.3. The van der Waals surface area contributed by atoms with Crippen molar-refractivity contribution in [3.8, 4) is 0 Å². The number of aryl methyl sites for hydroxylation is 1. The van der Waals surface area contributed by atoms with Crippen LogP contribution in [0.4, 0.5) is 0 Å². The zero-order valence-corrected chi connectivity index (χ0v) is 19.8. The molecule has 8 heteroatoms. The Kier molecular flexibility index (Phi) is 8.25. The van der Waals surface area contributed by atoms with Gasteiger partial charge in [0, 0.05) is 12.1 Å². The molecule has 4 aromatic rings.